The molecule has 1 aromatic rings. The Balaban J connectivity index is 2.70. The number of anilines is 2. The molecule has 0 fully saturated rings. The lowest BCUT2D eigenvalue weighted by atomic mass is 10.0. The molecule has 1 aliphatic heterocycles. The van der Waals surface area contributed by atoms with Gasteiger partial charge in [-0.1, -0.05) is 0 Å². The topological polar surface area (TPSA) is 86.9 Å². The van der Waals surface area contributed by atoms with Crippen LogP contribution in [-0.2, 0) is 0 Å². The van der Waals surface area contributed by atoms with Crippen molar-refractivity contribution in [3.8, 4) is 0 Å². The van der Waals surface area contributed by atoms with Gasteiger partial charge in [-0.3, -0.25) is 9.80 Å². The highest BCUT2D eigenvalue weighted by Gasteiger charge is 2.27. The molecular formula is C10H11N3O3. The standard InChI is InChI=1S/C10H11N3O3/c1-12-5-13(11)9-7(4-14)6(10(15)16)2-3-8(9)12/h2-4H,5,11H2,1H3,(H,15,16). The van der Waals surface area contributed by atoms with E-state index in [1.54, 1.807) is 6.07 Å². The van der Waals surface area contributed by atoms with Gasteiger partial charge in [-0.15, -0.1) is 0 Å². The van der Waals surface area contributed by atoms with Gasteiger partial charge in [0, 0.05) is 7.05 Å². The highest BCUT2D eigenvalue weighted by atomic mass is 16.4. The summed E-state index contributed by atoms with van der Waals surface area (Å²) in [4.78, 5) is 23.8. The van der Waals surface area contributed by atoms with Crippen molar-refractivity contribution in [2.75, 3.05) is 23.6 Å². The first-order valence-corrected chi connectivity index (χ1v) is 4.65. The van der Waals surface area contributed by atoms with Crippen LogP contribution in [0.5, 0.6) is 0 Å². The van der Waals surface area contributed by atoms with Gasteiger partial charge in [0.2, 0.25) is 0 Å². The molecule has 0 spiro atoms. The molecule has 6 nitrogen and oxygen atoms in total. The molecule has 16 heavy (non-hydrogen) atoms. The van der Waals surface area contributed by atoms with Crippen LogP contribution in [0.3, 0.4) is 0 Å². The average molecular weight is 221 g/mol. The SMILES string of the molecule is CN1CN(N)c2c1ccc(C(=O)O)c2C=O. The maximum absolute atomic E-state index is 11.0. The molecule has 2 rings (SSSR count). The molecule has 0 radical (unpaired) electrons. The van der Waals surface area contributed by atoms with Crippen LogP contribution in [0.25, 0.3) is 0 Å². The fourth-order valence-electron chi connectivity index (χ4n) is 1.89. The molecule has 0 aliphatic carbocycles. The Morgan fingerprint density at radius 1 is 1.56 bits per heavy atom. The van der Waals surface area contributed by atoms with Crippen molar-refractivity contribution in [2.45, 2.75) is 0 Å². The van der Waals surface area contributed by atoms with E-state index < -0.39 is 5.97 Å². The Kier molecular flexibility index (Phi) is 2.28. The van der Waals surface area contributed by atoms with Crippen molar-refractivity contribution in [1.29, 1.82) is 0 Å². The molecule has 84 valence electrons. The number of carboxylic acids is 1. The second kappa shape index (κ2) is 3.49. The number of carbonyl (C=O) groups excluding carboxylic acids is 1. The van der Waals surface area contributed by atoms with Gasteiger partial charge >= 0.3 is 5.97 Å². The maximum Gasteiger partial charge on any atom is 0.336 e. The lowest BCUT2D eigenvalue weighted by Crippen LogP contribution is -2.34. The number of hydrazine groups is 1. The van der Waals surface area contributed by atoms with Crippen molar-refractivity contribution >= 4 is 23.6 Å². The third kappa shape index (κ3) is 1.31. The number of aromatic carboxylic acids is 1. The number of hydrogen-bond acceptors (Lipinski definition) is 5. The number of hydrogen-bond donors (Lipinski definition) is 2. The first-order chi connectivity index (χ1) is 7.56. The normalized spacial score (nSPS) is 13.9. The largest absolute Gasteiger partial charge is 0.478 e. The lowest BCUT2D eigenvalue weighted by molar-refractivity contribution is 0.0694. The smallest absolute Gasteiger partial charge is 0.336 e. The summed E-state index contributed by atoms with van der Waals surface area (Å²) >= 11 is 0. The molecule has 3 N–H and O–H groups in total. The number of rotatable bonds is 2. The summed E-state index contributed by atoms with van der Waals surface area (Å²) in [5.74, 6) is 4.59. The monoisotopic (exact) mass is 221 g/mol. The van der Waals surface area contributed by atoms with Gasteiger partial charge in [0.25, 0.3) is 0 Å². The molecule has 0 aromatic heterocycles. The van der Waals surface area contributed by atoms with Crippen LogP contribution in [-0.4, -0.2) is 31.1 Å². The predicted molar refractivity (Wildman–Crippen MR) is 58.7 cm³/mol. The summed E-state index contributed by atoms with van der Waals surface area (Å²) in [6.07, 6.45) is 0.529. The van der Waals surface area contributed by atoms with E-state index in [-0.39, 0.29) is 11.1 Å². The molecule has 1 aromatic carbocycles. The van der Waals surface area contributed by atoms with Crippen LogP contribution in [0.15, 0.2) is 12.1 Å². The zero-order chi connectivity index (χ0) is 11.9. The number of nitrogens with two attached hydrogens (primary N) is 1. The first-order valence-electron chi connectivity index (χ1n) is 4.65. The van der Waals surface area contributed by atoms with Gasteiger partial charge in [-0.25, -0.2) is 10.6 Å². The second-order valence-corrected chi connectivity index (χ2v) is 3.63. The van der Waals surface area contributed by atoms with Gasteiger partial charge in [0.05, 0.1) is 22.5 Å². The van der Waals surface area contributed by atoms with E-state index in [1.165, 1.54) is 11.1 Å². The summed E-state index contributed by atoms with van der Waals surface area (Å²) in [7, 11) is 1.82. The summed E-state index contributed by atoms with van der Waals surface area (Å²) < 4.78 is 0. The van der Waals surface area contributed by atoms with Gasteiger partial charge < -0.3 is 10.0 Å². The number of carbonyl (C=O) groups is 2. The van der Waals surface area contributed by atoms with Crippen molar-refractivity contribution in [3.63, 3.8) is 0 Å². The van der Waals surface area contributed by atoms with Crippen LogP contribution in [0.4, 0.5) is 11.4 Å². The quantitative estimate of drug-likeness (QED) is 0.551. The van der Waals surface area contributed by atoms with Crippen LogP contribution < -0.4 is 15.8 Å². The van der Waals surface area contributed by atoms with Crippen molar-refractivity contribution in [3.05, 3.63) is 23.3 Å². The Morgan fingerprint density at radius 2 is 2.25 bits per heavy atom. The number of nitrogens with zero attached hydrogens (tertiary/aromatic N) is 2. The van der Waals surface area contributed by atoms with E-state index in [1.807, 2.05) is 11.9 Å². The van der Waals surface area contributed by atoms with E-state index in [0.717, 1.165) is 5.69 Å². The van der Waals surface area contributed by atoms with E-state index in [0.29, 0.717) is 18.6 Å². The number of benzene rings is 1. The number of aldehydes is 1. The third-order valence-corrected chi connectivity index (χ3v) is 2.61. The fraction of sp³-hybridized carbons (Fsp3) is 0.200. The Morgan fingerprint density at radius 3 is 2.81 bits per heavy atom. The summed E-state index contributed by atoms with van der Waals surface area (Å²) in [6.45, 7) is 0.430. The Labute approximate surface area is 91.8 Å². The van der Waals surface area contributed by atoms with E-state index in [9.17, 15) is 9.59 Å². The maximum atomic E-state index is 11.0. The van der Waals surface area contributed by atoms with Crippen molar-refractivity contribution in [2.24, 2.45) is 5.84 Å². The summed E-state index contributed by atoms with van der Waals surface area (Å²) in [5, 5.41) is 10.3. The van der Waals surface area contributed by atoms with Crippen LogP contribution >= 0.6 is 0 Å². The molecule has 0 saturated carbocycles. The minimum absolute atomic E-state index is 0.0282. The van der Waals surface area contributed by atoms with Gasteiger partial charge in [-0.05, 0) is 12.1 Å². The van der Waals surface area contributed by atoms with E-state index in [4.69, 9.17) is 10.9 Å². The van der Waals surface area contributed by atoms with Crippen LogP contribution in [0, 0.1) is 0 Å². The second-order valence-electron chi connectivity index (χ2n) is 3.63. The number of carboxylic acid groups (broad SMARTS) is 1. The molecule has 0 amide bonds. The highest BCUT2D eigenvalue weighted by Crippen LogP contribution is 2.37. The molecular weight excluding hydrogens is 210 g/mol. The molecule has 6 heteroatoms. The third-order valence-electron chi connectivity index (χ3n) is 2.61. The van der Waals surface area contributed by atoms with Crippen molar-refractivity contribution in [1.82, 2.24) is 0 Å². The Hall–Kier alpha value is -2.08. The summed E-state index contributed by atoms with van der Waals surface area (Å²) in [5.41, 5.74) is 1.32. The average Bonchev–Trinajstić information content (AvgIpc) is 2.53. The predicted octanol–water partition coefficient (Wildman–Crippen LogP) is 0.285. The van der Waals surface area contributed by atoms with Gasteiger partial charge in [0.1, 0.15) is 6.67 Å². The minimum Gasteiger partial charge on any atom is -0.478 e. The molecule has 0 bridgehead atoms. The fourth-order valence-corrected chi connectivity index (χ4v) is 1.89. The van der Waals surface area contributed by atoms with Crippen LogP contribution in [0.1, 0.15) is 20.7 Å². The minimum atomic E-state index is -1.13. The van der Waals surface area contributed by atoms with Crippen LogP contribution in [0.2, 0.25) is 0 Å². The molecule has 1 aliphatic rings. The first kappa shape index (κ1) is 10.4. The zero-order valence-electron chi connectivity index (χ0n) is 8.67. The molecule has 1 heterocycles. The van der Waals surface area contributed by atoms with Crippen molar-refractivity contribution < 1.29 is 14.7 Å². The van der Waals surface area contributed by atoms with Gasteiger partial charge in [-0.2, -0.15) is 0 Å². The highest BCUT2D eigenvalue weighted by molar-refractivity contribution is 6.04. The van der Waals surface area contributed by atoms with E-state index in [2.05, 4.69) is 0 Å². The zero-order valence-corrected chi connectivity index (χ0v) is 8.67. The Bertz CT molecular complexity index is 473. The lowest BCUT2D eigenvalue weighted by Gasteiger charge is -2.12. The molecule has 0 saturated heterocycles. The molecule has 0 atom stereocenters. The van der Waals surface area contributed by atoms with Gasteiger partial charge in [0.15, 0.2) is 6.29 Å². The summed E-state index contributed by atoms with van der Waals surface area (Å²) in [6, 6.07) is 3.07. The number of fused-ring (bicyclic) bond motifs is 1. The molecule has 0 unspecified atom stereocenters. The van der Waals surface area contributed by atoms with E-state index >= 15 is 0 Å².